The Bertz CT molecular complexity index is 472. The van der Waals surface area contributed by atoms with Crippen molar-refractivity contribution in [3.05, 3.63) is 29.1 Å². The Morgan fingerprint density at radius 3 is 3.00 bits per heavy atom. The van der Waals surface area contributed by atoms with Crippen LogP contribution in [0.1, 0.15) is 6.92 Å². The number of nitrogens with zero attached hydrogens (tertiary/aromatic N) is 4. The summed E-state index contributed by atoms with van der Waals surface area (Å²) in [4.78, 5) is 19.2. The summed E-state index contributed by atoms with van der Waals surface area (Å²) in [6.45, 7) is 2.43. The highest BCUT2D eigenvalue weighted by atomic mass is 16.1. The van der Waals surface area contributed by atoms with E-state index in [-0.39, 0.29) is 5.69 Å². The van der Waals surface area contributed by atoms with Crippen LogP contribution in [0.25, 0.3) is 11.5 Å². The highest BCUT2D eigenvalue weighted by Crippen LogP contribution is 2.08. The van der Waals surface area contributed by atoms with Gasteiger partial charge in [-0.05, 0) is 6.92 Å². The van der Waals surface area contributed by atoms with Crippen LogP contribution in [0.5, 0.6) is 0 Å². The van der Waals surface area contributed by atoms with Gasteiger partial charge in [0.05, 0.1) is 6.20 Å². The quantitative estimate of drug-likeness (QED) is 0.727. The zero-order chi connectivity index (χ0) is 9.97. The summed E-state index contributed by atoms with van der Waals surface area (Å²) >= 11 is 0. The number of aromatic nitrogens is 5. The van der Waals surface area contributed by atoms with Crippen molar-refractivity contribution in [3.8, 4) is 11.5 Å². The Labute approximate surface area is 79.6 Å². The van der Waals surface area contributed by atoms with Gasteiger partial charge in [-0.3, -0.25) is 9.55 Å². The van der Waals surface area contributed by atoms with Crippen LogP contribution in [0, 0.1) is 0 Å². The molecule has 0 saturated heterocycles. The molecule has 2 heterocycles. The maximum Gasteiger partial charge on any atom is 0.343 e. The second kappa shape index (κ2) is 3.41. The van der Waals surface area contributed by atoms with Crippen LogP contribution in [-0.4, -0.2) is 24.7 Å². The van der Waals surface area contributed by atoms with Crippen molar-refractivity contribution in [2.75, 3.05) is 0 Å². The molecule has 2 aromatic rings. The lowest BCUT2D eigenvalue weighted by atomic mass is 10.4. The number of H-pyrrole nitrogens is 1. The Balaban J connectivity index is 2.57. The molecule has 2 rings (SSSR count). The number of hydrogen-bond donors (Lipinski definition) is 1. The van der Waals surface area contributed by atoms with Crippen molar-refractivity contribution in [1.29, 1.82) is 0 Å². The van der Waals surface area contributed by atoms with Crippen LogP contribution in [-0.2, 0) is 6.54 Å². The van der Waals surface area contributed by atoms with Crippen LogP contribution in [0.3, 0.4) is 0 Å². The van der Waals surface area contributed by atoms with Gasteiger partial charge in [0.15, 0.2) is 5.82 Å². The van der Waals surface area contributed by atoms with Crippen LogP contribution in [0.4, 0.5) is 0 Å². The van der Waals surface area contributed by atoms with Crippen LogP contribution in [0.2, 0.25) is 0 Å². The second-order valence-corrected chi connectivity index (χ2v) is 2.69. The smallest absolute Gasteiger partial charge is 0.274 e. The van der Waals surface area contributed by atoms with Gasteiger partial charge in [0.25, 0.3) is 0 Å². The summed E-state index contributed by atoms with van der Waals surface area (Å²) < 4.78 is 1.50. The molecule has 0 atom stereocenters. The number of rotatable bonds is 2. The summed E-state index contributed by atoms with van der Waals surface area (Å²) in [5, 5.41) is 6.26. The van der Waals surface area contributed by atoms with E-state index in [9.17, 15) is 4.79 Å². The Morgan fingerprint density at radius 1 is 1.50 bits per heavy atom. The van der Waals surface area contributed by atoms with Crippen LogP contribution in [0.15, 0.2) is 23.4 Å². The molecule has 0 saturated carbocycles. The molecule has 0 aliphatic carbocycles. The standard InChI is InChI=1S/C8H9N5O/c1-2-13-7(11-12-8(13)14)6-5-9-3-4-10-6/h3-5H,2H2,1H3,(H,12,14). The maximum atomic E-state index is 11.2. The first kappa shape index (κ1) is 8.61. The van der Waals surface area contributed by atoms with Crippen molar-refractivity contribution in [3.63, 3.8) is 0 Å². The van der Waals surface area contributed by atoms with E-state index in [2.05, 4.69) is 20.2 Å². The van der Waals surface area contributed by atoms with Gasteiger partial charge >= 0.3 is 5.69 Å². The first-order chi connectivity index (χ1) is 6.83. The van der Waals surface area contributed by atoms with Gasteiger partial charge in [0, 0.05) is 18.9 Å². The molecule has 0 unspecified atom stereocenters. The van der Waals surface area contributed by atoms with E-state index in [0.29, 0.717) is 18.1 Å². The fraction of sp³-hybridized carbons (Fsp3) is 0.250. The van der Waals surface area contributed by atoms with Crippen molar-refractivity contribution in [1.82, 2.24) is 24.7 Å². The van der Waals surface area contributed by atoms with E-state index < -0.39 is 0 Å². The Kier molecular flexibility index (Phi) is 2.10. The summed E-state index contributed by atoms with van der Waals surface area (Å²) in [5.74, 6) is 0.519. The third-order valence-electron chi connectivity index (χ3n) is 1.87. The third kappa shape index (κ3) is 1.30. The molecule has 0 radical (unpaired) electrons. The van der Waals surface area contributed by atoms with Crippen molar-refractivity contribution >= 4 is 0 Å². The maximum absolute atomic E-state index is 11.2. The second-order valence-electron chi connectivity index (χ2n) is 2.69. The van der Waals surface area contributed by atoms with Crippen LogP contribution < -0.4 is 5.69 Å². The van der Waals surface area contributed by atoms with E-state index in [1.165, 1.54) is 4.57 Å². The molecule has 0 aliphatic heterocycles. The minimum atomic E-state index is -0.229. The van der Waals surface area contributed by atoms with Crippen LogP contribution >= 0.6 is 0 Å². The summed E-state index contributed by atoms with van der Waals surface area (Å²) in [7, 11) is 0. The monoisotopic (exact) mass is 191 g/mol. The zero-order valence-corrected chi connectivity index (χ0v) is 7.64. The molecule has 0 amide bonds. The highest BCUT2D eigenvalue weighted by molar-refractivity contribution is 5.46. The van der Waals surface area contributed by atoms with Gasteiger partial charge in [-0.15, -0.1) is 0 Å². The third-order valence-corrected chi connectivity index (χ3v) is 1.87. The molecule has 0 aliphatic rings. The average molecular weight is 191 g/mol. The SMILES string of the molecule is CCn1c(-c2cnccn2)n[nH]c1=O. The minimum absolute atomic E-state index is 0.229. The van der Waals surface area contributed by atoms with Gasteiger partial charge in [-0.1, -0.05) is 0 Å². The first-order valence-corrected chi connectivity index (χ1v) is 4.24. The fourth-order valence-corrected chi connectivity index (χ4v) is 1.22. The number of aromatic amines is 1. The largest absolute Gasteiger partial charge is 0.343 e. The highest BCUT2D eigenvalue weighted by Gasteiger charge is 2.09. The van der Waals surface area contributed by atoms with E-state index >= 15 is 0 Å². The van der Waals surface area contributed by atoms with E-state index in [1.54, 1.807) is 18.6 Å². The molecule has 14 heavy (non-hydrogen) atoms. The summed E-state index contributed by atoms with van der Waals surface area (Å²) in [5.41, 5.74) is 0.362. The molecule has 72 valence electrons. The summed E-state index contributed by atoms with van der Waals surface area (Å²) in [6.07, 6.45) is 4.71. The first-order valence-electron chi connectivity index (χ1n) is 4.24. The van der Waals surface area contributed by atoms with Gasteiger partial charge in [-0.2, -0.15) is 5.10 Å². The fourth-order valence-electron chi connectivity index (χ4n) is 1.22. The Hall–Kier alpha value is -1.98. The molecule has 0 fully saturated rings. The van der Waals surface area contributed by atoms with Crippen molar-refractivity contribution in [2.24, 2.45) is 0 Å². The summed E-state index contributed by atoms with van der Waals surface area (Å²) in [6, 6.07) is 0. The predicted octanol–water partition coefficient (Wildman–Crippen LogP) is 0.0483. The van der Waals surface area contributed by atoms with Crippen molar-refractivity contribution in [2.45, 2.75) is 13.5 Å². The lowest BCUT2D eigenvalue weighted by molar-refractivity contribution is 0.734. The van der Waals surface area contributed by atoms with E-state index in [4.69, 9.17) is 0 Å². The number of hydrogen-bond acceptors (Lipinski definition) is 4. The van der Waals surface area contributed by atoms with E-state index in [1.807, 2.05) is 6.92 Å². The lowest BCUT2D eigenvalue weighted by Crippen LogP contribution is -2.16. The Morgan fingerprint density at radius 2 is 2.36 bits per heavy atom. The van der Waals surface area contributed by atoms with Gasteiger partial charge in [0.1, 0.15) is 5.69 Å². The zero-order valence-electron chi connectivity index (χ0n) is 7.64. The molecule has 0 aromatic carbocycles. The average Bonchev–Trinajstić information content (AvgIpc) is 2.61. The molecule has 6 heteroatoms. The van der Waals surface area contributed by atoms with Gasteiger partial charge < -0.3 is 0 Å². The topological polar surface area (TPSA) is 76.5 Å². The molecule has 0 bridgehead atoms. The van der Waals surface area contributed by atoms with Crippen molar-refractivity contribution < 1.29 is 0 Å². The molecule has 2 aromatic heterocycles. The molecular formula is C8H9N5O. The normalized spacial score (nSPS) is 10.4. The van der Waals surface area contributed by atoms with Gasteiger partial charge in [0.2, 0.25) is 0 Å². The molecule has 6 nitrogen and oxygen atoms in total. The number of nitrogens with one attached hydrogen (secondary N) is 1. The minimum Gasteiger partial charge on any atom is -0.274 e. The molecule has 0 spiro atoms. The predicted molar refractivity (Wildman–Crippen MR) is 49.5 cm³/mol. The van der Waals surface area contributed by atoms with E-state index in [0.717, 1.165) is 0 Å². The molecule has 1 N–H and O–H groups in total. The molecular weight excluding hydrogens is 182 g/mol. The van der Waals surface area contributed by atoms with Gasteiger partial charge in [-0.25, -0.2) is 14.9 Å². The lowest BCUT2D eigenvalue weighted by Gasteiger charge is -1.99.